The molecule has 0 atom stereocenters. The SMILES string of the molecule is Cc1nc(CN(C)S(=O)(=O)c2c(C)csc2CN)cs1. The van der Waals surface area contributed by atoms with Crippen LogP contribution in [0.4, 0.5) is 0 Å². The zero-order valence-electron chi connectivity index (χ0n) is 11.6. The minimum atomic E-state index is -3.53. The Morgan fingerprint density at radius 3 is 2.55 bits per heavy atom. The Balaban J connectivity index is 2.32. The van der Waals surface area contributed by atoms with E-state index in [0.717, 1.165) is 16.3 Å². The number of thiophene rings is 1. The van der Waals surface area contributed by atoms with Gasteiger partial charge in [0.05, 0.1) is 17.2 Å². The molecule has 110 valence electrons. The molecular weight excluding hydrogens is 314 g/mol. The van der Waals surface area contributed by atoms with Gasteiger partial charge in [-0.15, -0.1) is 22.7 Å². The van der Waals surface area contributed by atoms with Crippen LogP contribution in [0.3, 0.4) is 0 Å². The fourth-order valence-electron chi connectivity index (χ4n) is 1.92. The van der Waals surface area contributed by atoms with Crippen molar-refractivity contribution in [3.05, 3.63) is 31.9 Å². The first-order valence-corrected chi connectivity index (χ1v) is 9.20. The van der Waals surface area contributed by atoms with E-state index in [1.807, 2.05) is 17.7 Å². The van der Waals surface area contributed by atoms with Crippen molar-refractivity contribution in [2.24, 2.45) is 5.73 Å². The van der Waals surface area contributed by atoms with Gasteiger partial charge in [-0.1, -0.05) is 0 Å². The summed E-state index contributed by atoms with van der Waals surface area (Å²) in [6.07, 6.45) is 0. The van der Waals surface area contributed by atoms with E-state index in [1.165, 1.54) is 27.0 Å². The lowest BCUT2D eigenvalue weighted by Crippen LogP contribution is -2.27. The Hall–Kier alpha value is -0.800. The van der Waals surface area contributed by atoms with Crippen LogP contribution in [-0.4, -0.2) is 24.8 Å². The lowest BCUT2D eigenvalue weighted by Gasteiger charge is -2.17. The summed E-state index contributed by atoms with van der Waals surface area (Å²) >= 11 is 2.90. The maximum absolute atomic E-state index is 12.7. The third kappa shape index (κ3) is 2.94. The van der Waals surface area contributed by atoms with Crippen LogP contribution in [0.1, 0.15) is 21.1 Å². The summed E-state index contributed by atoms with van der Waals surface area (Å²) in [5.41, 5.74) is 7.15. The second kappa shape index (κ2) is 5.90. The van der Waals surface area contributed by atoms with E-state index < -0.39 is 10.0 Å². The lowest BCUT2D eigenvalue weighted by atomic mass is 10.3. The average molecular weight is 331 g/mol. The smallest absolute Gasteiger partial charge is 0.244 e. The summed E-state index contributed by atoms with van der Waals surface area (Å²) < 4.78 is 26.6. The van der Waals surface area contributed by atoms with Gasteiger partial charge in [-0.25, -0.2) is 13.4 Å². The predicted octanol–water partition coefficient (Wildman–Crippen LogP) is 2.10. The molecule has 0 unspecified atom stereocenters. The minimum Gasteiger partial charge on any atom is -0.326 e. The summed E-state index contributed by atoms with van der Waals surface area (Å²) in [7, 11) is -1.96. The maximum atomic E-state index is 12.7. The number of nitrogens with two attached hydrogens (primary N) is 1. The molecule has 8 heteroatoms. The molecule has 0 saturated carbocycles. The molecule has 2 heterocycles. The van der Waals surface area contributed by atoms with E-state index in [4.69, 9.17) is 5.73 Å². The Morgan fingerprint density at radius 1 is 1.30 bits per heavy atom. The second-order valence-corrected chi connectivity index (χ2v) is 8.50. The van der Waals surface area contributed by atoms with Gasteiger partial charge in [-0.2, -0.15) is 4.31 Å². The molecule has 0 amide bonds. The minimum absolute atomic E-state index is 0.233. The van der Waals surface area contributed by atoms with Gasteiger partial charge >= 0.3 is 0 Å². The van der Waals surface area contributed by atoms with Crippen LogP contribution in [-0.2, 0) is 23.1 Å². The number of thiazole rings is 1. The van der Waals surface area contributed by atoms with Crippen LogP contribution in [0.15, 0.2) is 15.7 Å². The fourth-order valence-corrected chi connectivity index (χ4v) is 5.31. The molecule has 0 saturated heterocycles. The third-order valence-electron chi connectivity index (χ3n) is 2.89. The van der Waals surface area contributed by atoms with Gasteiger partial charge in [0.15, 0.2) is 0 Å². The Kier molecular flexibility index (Phi) is 4.60. The molecule has 0 aliphatic heterocycles. The second-order valence-electron chi connectivity index (χ2n) is 4.49. The third-order valence-corrected chi connectivity index (χ3v) is 7.01. The summed E-state index contributed by atoms with van der Waals surface area (Å²) in [6.45, 7) is 4.20. The highest BCUT2D eigenvalue weighted by atomic mass is 32.2. The average Bonchev–Trinajstić information content (AvgIpc) is 2.95. The highest BCUT2D eigenvalue weighted by molar-refractivity contribution is 7.89. The zero-order valence-corrected chi connectivity index (χ0v) is 14.0. The van der Waals surface area contributed by atoms with Crippen molar-refractivity contribution >= 4 is 32.7 Å². The number of aromatic nitrogens is 1. The fraction of sp³-hybridized carbons (Fsp3) is 0.417. The predicted molar refractivity (Wildman–Crippen MR) is 82.5 cm³/mol. The molecular formula is C12H17N3O2S3. The monoisotopic (exact) mass is 331 g/mol. The van der Waals surface area contributed by atoms with Gasteiger partial charge in [0.1, 0.15) is 4.90 Å². The largest absolute Gasteiger partial charge is 0.326 e. The van der Waals surface area contributed by atoms with E-state index in [9.17, 15) is 8.42 Å². The molecule has 2 rings (SSSR count). The van der Waals surface area contributed by atoms with Crippen molar-refractivity contribution in [2.45, 2.75) is 31.8 Å². The van der Waals surface area contributed by atoms with Gasteiger partial charge in [-0.05, 0) is 24.8 Å². The first-order valence-electron chi connectivity index (χ1n) is 6.00. The number of hydrogen-bond acceptors (Lipinski definition) is 6. The number of sulfonamides is 1. The van der Waals surface area contributed by atoms with Crippen molar-refractivity contribution in [2.75, 3.05) is 7.05 Å². The summed E-state index contributed by atoms with van der Waals surface area (Å²) in [6, 6.07) is 0. The van der Waals surface area contributed by atoms with Gasteiger partial charge < -0.3 is 5.73 Å². The molecule has 0 fully saturated rings. The van der Waals surface area contributed by atoms with Crippen molar-refractivity contribution < 1.29 is 8.42 Å². The van der Waals surface area contributed by atoms with E-state index in [2.05, 4.69) is 4.98 Å². The quantitative estimate of drug-likeness (QED) is 0.910. The standard InChI is InChI=1S/C12H17N3O2S3/c1-8-6-19-11(4-13)12(8)20(16,17)15(3)5-10-7-18-9(2)14-10/h6-7H,4-5,13H2,1-3H3. The van der Waals surface area contributed by atoms with E-state index >= 15 is 0 Å². The molecule has 20 heavy (non-hydrogen) atoms. The first kappa shape index (κ1) is 15.6. The van der Waals surface area contributed by atoms with Crippen molar-refractivity contribution in [3.63, 3.8) is 0 Å². The highest BCUT2D eigenvalue weighted by Gasteiger charge is 2.27. The molecule has 0 aliphatic carbocycles. The van der Waals surface area contributed by atoms with Crippen molar-refractivity contribution in [1.82, 2.24) is 9.29 Å². The van der Waals surface area contributed by atoms with Gasteiger partial charge in [-0.3, -0.25) is 0 Å². The molecule has 2 aromatic heterocycles. The summed E-state index contributed by atoms with van der Waals surface area (Å²) in [4.78, 5) is 5.35. The molecule has 0 radical (unpaired) electrons. The van der Waals surface area contributed by atoms with E-state index in [0.29, 0.717) is 9.77 Å². The molecule has 0 aliphatic rings. The maximum Gasteiger partial charge on any atom is 0.244 e. The molecule has 2 N–H and O–H groups in total. The normalized spacial score (nSPS) is 12.2. The van der Waals surface area contributed by atoms with Gasteiger partial charge in [0.25, 0.3) is 0 Å². The number of aryl methyl sites for hydroxylation is 2. The van der Waals surface area contributed by atoms with Crippen LogP contribution in [0.2, 0.25) is 0 Å². The zero-order chi connectivity index (χ0) is 14.9. The first-order chi connectivity index (χ1) is 9.36. The summed E-state index contributed by atoms with van der Waals surface area (Å²) in [5.74, 6) is 0. The Bertz CT molecular complexity index is 703. The van der Waals surface area contributed by atoms with Crippen molar-refractivity contribution in [1.29, 1.82) is 0 Å². The molecule has 5 nitrogen and oxygen atoms in total. The number of hydrogen-bond donors (Lipinski definition) is 1. The molecule has 0 bridgehead atoms. The highest BCUT2D eigenvalue weighted by Crippen LogP contribution is 2.29. The van der Waals surface area contributed by atoms with E-state index in [1.54, 1.807) is 14.0 Å². The topological polar surface area (TPSA) is 76.3 Å². The van der Waals surface area contributed by atoms with E-state index in [-0.39, 0.29) is 13.1 Å². The lowest BCUT2D eigenvalue weighted by molar-refractivity contribution is 0.462. The Labute approximate surface area is 127 Å². The van der Waals surface area contributed by atoms with Gasteiger partial charge in [0.2, 0.25) is 10.0 Å². The molecule has 0 aromatic carbocycles. The van der Waals surface area contributed by atoms with Crippen LogP contribution in [0.5, 0.6) is 0 Å². The van der Waals surface area contributed by atoms with Crippen LogP contribution in [0, 0.1) is 13.8 Å². The van der Waals surface area contributed by atoms with Crippen molar-refractivity contribution in [3.8, 4) is 0 Å². The van der Waals surface area contributed by atoms with Crippen LogP contribution in [0.25, 0.3) is 0 Å². The molecule has 0 spiro atoms. The summed E-state index contributed by atoms with van der Waals surface area (Å²) in [5, 5.41) is 4.64. The number of nitrogens with zero attached hydrogens (tertiary/aromatic N) is 2. The van der Waals surface area contributed by atoms with Crippen LogP contribution < -0.4 is 5.73 Å². The molecule has 2 aromatic rings. The number of rotatable bonds is 5. The Morgan fingerprint density at radius 2 is 2.00 bits per heavy atom. The van der Waals surface area contributed by atoms with Gasteiger partial charge in [0, 0.05) is 23.8 Å². The van der Waals surface area contributed by atoms with Crippen LogP contribution >= 0.6 is 22.7 Å².